The van der Waals surface area contributed by atoms with Crippen molar-refractivity contribution in [3.8, 4) is 0 Å². The normalized spacial score (nSPS) is 9.65. The molecule has 0 aromatic heterocycles. The Morgan fingerprint density at radius 3 is 1.80 bits per heavy atom. The first-order valence-electron chi connectivity index (χ1n) is 4.71. The SMILES string of the molecule is NC(N)=NCCC[C@H](N)C(=O)O.O=[N+]([O-])O.O=[N+]([O-])O. The second-order valence-corrected chi connectivity index (χ2v) is 2.87. The lowest BCUT2D eigenvalue weighted by molar-refractivity contribution is -0.742. The van der Waals surface area contributed by atoms with Crippen molar-refractivity contribution in [1.29, 1.82) is 0 Å². The van der Waals surface area contributed by atoms with E-state index in [1.807, 2.05) is 0 Å². The summed E-state index contributed by atoms with van der Waals surface area (Å²) in [7, 11) is 0. The Kier molecular flexibility index (Phi) is 15.8. The van der Waals surface area contributed by atoms with E-state index in [1.54, 1.807) is 0 Å². The van der Waals surface area contributed by atoms with Gasteiger partial charge in [0.1, 0.15) is 6.04 Å². The molecule has 0 aliphatic rings. The topological polar surface area (TPSA) is 254 Å². The Balaban J connectivity index is -0.000000297. The highest BCUT2D eigenvalue weighted by molar-refractivity contribution is 5.75. The standard InChI is InChI=1S/C6H14N4O2.2HNO3/c7-4(5(11)12)2-1-3-10-6(8)9;2*2-1(3)4/h4H,1-3,7H2,(H,11,12)(H4,8,9,10);2*(H,2,3,4)/t4-;;/m0../s1. The molecule has 0 saturated heterocycles. The molecule has 9 N–H and O–H groups in total. The number of hydrogen-bond donors (Lipinski definition) is 6. The van der Waals surface area contributed by atoms with Crippen LogP contribution in [-0.4, -0.2) is 50.2 Å². The van der Waals surface area contributed by atoms with Gasteiger partial charge in [-0.3, -0.25) is 9.79 Å². The van der Waals surface area contributed by atoms with Crippen LogP contribution in [0, 0.1) is 20.2 Å². The van der Waals surface area contributed by atoms with E-state index in [0.717, 1.165) is 0 Å². The molecular formula is C6H16N6O8. The number of carboxylic acids is 1. The molecule has 0 unspecified atom stereocenters. The molecule has 118 valence electrons. The Hall–Kier alpha value is -2.90. The Labute approximate surface area is 111 Å². The molecule has 0 aliphatic heterocycles. The number of rotatable bonds is 5. The molecule has 0 radical (unpaired) electrons. The van der Waals surface area contributed by atoms with E-state index in [4.69, 9.17) is 53.0 Å². The lowest BCUT2D eigenvalue weighted by Gasteiger charge is -2.03. The number of aliphatic carboxylic acids is 1. The number of carbonyl (C=O) groups is 1. The van der Waals surface area contributed by atoms with Crippen LogP contribution in [-0.2, 0) is 4.79 Å². The number of aliphatic imine (C=N–C) groups is 1. The third kappa shape index (κ3) is 45.8. The maximum Gasteiger partial charge on any atom is 0.320 e. The third-order valence-corrected chi connectivity index (χ3v) is 1.28. The predicted octanol–water partition coefficient (Wildman–Crippen LogP) is -2.24. The first-order chi connectivity index (χ1) is 9.00. The van der Waals surface area contributed by atoms with E-state index in [-0.39, 0.29) is 5.96 Å². The maximum atomic E-state index is 10.2. The lowest BCUT2D eigenvalue weighted by atomic mass is 10.2. The van der Waals surface area contributed by atoms with Gasteiger partial charge >= 0.3 is 5.97 Å². The minimum atomic E-state index is -1.50. The van der Waals surface area contributed by atoms with Gasteiger partial charge in [-0.15, -0.1) is 20.2 Å². The van der Waals surface area contributed by atoms with Gasteiger partial charge < -0.3 is 32.7 Å². The van der Waals surface area contributed by atoms with Crippen molar-refractivity contribution in [2.45, 2.75) is 18.9 Å². The second kappa shape index (κ2) is 14.2. The van der Waals surface area contributed by atoms with Gasteiger partial charge in [-0.05, 0) is 12.8 Å². The van der Waals surface area contributed by atoms with E-state index in [1.165, 1.54) is 0 Å². The number of carboxylic acid groups (broad SMARTS) is 1. The average Bonchev–Trinajstić information content (AvgIpc) is 2.21. The van der Waals surface area contributed by atoms with Crippen molar-refractivity contribution in [2.75, 3.05) is 6.54 Å². The van der Waals surface area contributed by atoms with Crippen molar-refractivity contribution in [3.05, 3.63) is 20.2 Å². The number of hydrogen-bond acceptors (Lipinski definition) is 7. The van der Waals surface area contributed by atoms with Gasteiger partial charge in [-0.1, -0.05) is 0 Å². The molecule has 0 bridgehead atoms. The molecule has 0 aromatic rings. The maximum absolute atomic E-state index is 10.2. The van der Waals surface area contributed by atoms with Crippen LogP contribution >= 0.6 is 0 Å². The van der Waals surface area contributed by atoms with Gasteiger partial charge in [0.2, 0.25) is 0 Å². The van der Waals surface area contributed by atoms with E-state index >= 15 is 0 Å². The van der Waals surface area contributed by atoms with E-state index < -0.39 is 22.2 Å². The van der Waals surface area contributed by atoms with Gasteiger partial charge in [0.05, 0.1) is 0 Å². The molecule has 0 amide bonds. The number of guanidine groups is 1. The Morgan fingerprint density at radius 2 is 1.55 bits per heavy atom. The van der Waals surface area contributed by atoms with Gasteiger partial charge in [-0.2, -0.15) is 0 Å². The van der Waals surface area contributed by atoms with Crippen LogP contribution in [0.1, 0.15) is 12.8 Å². The molecule has 20 heavy (non-hydrogen) atoms. The van der Waals surface area contributed by atoms with Gasteiger partial charge in [0.25, 0.3) is 10.2 Å². The molecule has 0 rings (SSSR count). The average molecular weight is 300 g/mol. The highest BCUT2D eigenvalue weighted by Crippen LogP contribution is 1.94. The van der Waals surface area contributed by atoms with Gasteiger partial charge in [0, 0.05) is 6.54 Å². The minimum absolute atomic E-state index is 0.0129. The summed E-state index contributed by atoms with van der Waals surface area (Å²) in [5.41, 5.74) is 15.3. The molecule has 0 spiro atoms. The zero-order chi connectivity index (χ0) is 16.7. The molecule has 0 heterocycles. The van der Waals surface area contributed by atoms with E-state index in [2.05, 4.69) is 4.99 Å². The molecule has 14 nitrogen and oxygen atoms in total. The van der Waals surface area contributed by atoms with Crippen LogP contribution in [0.3, 0.4) is 0 Å². The summed E-state index contributed by atoms with van der Waals surface area (Å²) in [5, 5.41) is 35.7. The fourth-order valence-corrected chi connectivity index (χ4v) is 0.643. The lowest BCUT2D eigenvalue weighted by Crippen LogP contribution is -2.30. The molecule has 0 aromatic carbocycles. The summed E-state index contributed by atoms with van der Waals surface area (Å²) >= 11 is 0. The van der Waals surface area contributed by atoms with Crippen LogP contribution in [0.2, 0.25) is 0 Å². The summed E-state index contributed by atoms with van der Waals surface area (Å²) in [5.74, 6) is -0.987. The summed E-state index contributed by atoms with van der Waals surface area (Å²) in [6.45, 7) is 0.420. The quantitative estimate of drug-likeness (QED) is 0.104. The van der Waals surface area contributed by atoms with Crippen molar-refractivity contribution < 1.29 is 30.5 Å². The highest BCUT2D eigenvalue weighted by atomic mass is 16.9. The molecule has 0 fully saturated rings. The van der Waals surface area contributed by atoms with Crippen LogP contribution in [0.25, 0.3) is 0 Å². The zero-order valence-electron chi connectivity index (χ0n) is 10.2. The van der Waals surface area contributed by atoms with Crippen molar-refractivity contribution in [1.82, 2.24) is 0 Å². The van der Waals surface area contributed by atoms with E-state index in [9.17, 15) is 4.79 Å². The summed E-state index contributed by atoms with van der Waals surface area (Å²) in [6.07, 6.45) is 0.956. The Bertz CT molecular complexity index is 309. The largest absolute Gasteiger partial charge is 0.480 e. The van der Waals surface area contributed by atoms with Crippen LogP contribution in [0.4, 0.5) is 0 Å². The van der Waals surface area contributed by atoms with Crippen LogP contribution < -0.4 is 17.2 Å². The van der Waals surface area contributed by atoms with Crippen LogP contribution in [0.15, 0.2) is 4.99 Å². The Morgan fingerprint density at radius 1 is 1.20 bits per heavy atom. The number of nitrogens with zero attached hydrogens (tertiary/aromatic N) is 3. The van der Waals surface area contributed by atoms with E-state index in [0.29, 0.717) is 19.4 Å². The van der Waals surface area contributed by atoms with Crippen LogP contribution in [0.5, 0.6) is 0 Å². The van der Waals surface area contributed by atoms with Crippen molar-refractivity contribution >= 4 is 11.9 Å². The fourth-order valence-electron chi connectivity index (χ4n) is 0.643. The molecule has 0 saturated carbocycles. The van der Waals surface area contributed by atoms with Gasteiger partial charge in [0.15, 0.2) is 5.96 Å². The first-order valence-corrected chi connectivity index (χ1v) is 4.71. The first kappa shape index (κ1) is 22.3. The predicted molar refractivity (Wildman–Crippen MR) is 63.1 cm³/mol. The van der Waals surface area contributed by atoms with Gasteiger partial charge in [-0.25, -0.2) is 0 Å². The molecule has 14 heteroatoms. The highest BCUT2D eigenvalue weighted by Gasteiger charge is 2.09. The molecule has 1 atom stereocenters. The molecular weight excluding hydrogens is 284 g/mol. The summed E-state index contributed by atoms with van der Waals surface area (Å²) < 4.78 is 0. The monoisotopic (exact) mass is 300 g/mol. The second-order valence-electron chi connectivity index (χ2n) is 2.87. The third-order valence-electron chi connectivity index (χ3n) is 1.28. The zero-order valence-corrected chi connectivity index (χ0v) is 10.2. The van der Waals surface area contributed by atoms with Crippen molar-refractivity contribution in [2.24, 2.45) is 22.2 Å². The summed E-state index contributed by atoms with van der Waals surface area (Å²) in [4.78, 5) is 30.6. The smallest absolute Gasteiger partial charge is 0.320 e. The summed E-state index contributed by atoms with van der Waals surface area (Å²) in [6, 6.07) is -0.820. The molecule has 0 aliphatic carbocycles. The minimum Gasteiger partial charge on any atom is -0.480 e. The van der Waals surface area contributed by atoms with Crippen molar-refractivity contribution in [3.63, 3.8) is 0 Å². The number of nitrogens with two attached hydrogens (primary N) is 3. The fraction of sp³-hybridized carbons (Fsp3) is 0.667.